The number of hydrogen-bond acceptors (Lipinski definition) is 7. The topological polar surface area (TPSA) is 113 Å². The van der Waals surface area contributed by atoms with Gasteiger partial charge >= 0.3 is 0 Å². The van der Waals surface area contributed by atoms with Gasteiger partial charge in [0.15, 0.2) is 0 Å². The lowest BCUT2D eigenvalue weighted by atomic mass is 10.1. The maximum absolute atomic E-state index is 11.8. The molecule has 0 spiro atoms. The van der Waals surface area contributed by atoms with E-state index in [1.54, 1.807) is 17.8 Å². The molecule has 1 fully saturated rings. The van der Waals surface area contributed by atoms with E-state index in [0.29, 0.717) is 36.6 Å². The van der Waals surface area contributed by atoms with E-state index in [-0.39, 0.29) is 17.5 Å². The van der Waals surface area contributed by atoms with Gasteiger partial charge in [-0.2, -0.15) is 0 Å². The zero-order valence-electron chi connectivity index (χ0n) is 16.4. The maximum atomic E-state index is 11.8. The van der Waals surface area contributed by atoms with Gasteiger partial charge in [-0.3, -0.25) is 4.90 Å². The predicted molar refractivity (Wildman–Crippen MR) is 113 cm³/mol. The van der Waals surface area contributed by atoms with E-state index in [2.05, 4.69) is 0 Å². The summed E-state index contributed by atoms with van der Waals surface area (Å²) in [5.74, 6) is 1.15. The van der Waals surface area contributed by atoms with Crippen molar-refractivity contribution in [2.45, 2.75) is 41.8 Å². The van der Waals surface area contributed by atoms with Crippen molar-refractivity contribution in [1.82, 2.24) is 4.90 Å². The molecule has 0 bridgehead atoms. The minimum absolute atomic E-state index is 0.00550. The van der Waals surface area contributed by atoms with E-state index in [1.165, 1.54) is 12.1 Å². The molecule has 0 amide bonds. The molecule has 4 N–H and O–H groups in total. The molecule has 1 aliphatic heterocycles. The summed E-state index contributed by atoms with van der Waals surface area (Å²) in [6.45, 7) is 2.63. The van der Waals surface area contributed by atoms with Crippen LogP contribution in [0.15, 0.2) is 46.2 Å². The smallest absolute Gasteiger partial charge is 0.238 e. The lowest BCUT2D eigenvalue weighted by Gasteiger charge is -2.24. The average Bonchev–Trinajstić information content (AvgIpc) is 3.01. The van der Waals surface area contributed by atoms with Crippen molar-refractivity contribution < 1.29 is 23.4 Å². The Morgan fingerprint density at radius 1 is 1.28 bits per heavy atom. The van der Waals surface area contributed by atoms with Crippen LogP contribution in [0.2, 0.25) is 0 Å². The van der Waals surface area contributed by atoms with Gasteiger partial charge in [-0.15, -0.1) is 11.8 Å². The number of aryl methyl sites for hydroxylation is 1. The summed E-state index contributed by atoms with van der Waals surface area (Å²) >= 11 is 1.65. The molecule has 2 aromatic rings. The molecule has 9 heteroatoms. The van der Waals surface area contributed by atoms with Crippen LogP contribution in [0.3, 0.4) is 0 Å². The number of ether oxygens (including phenoxy) is 1. The third kappa shape index (κ3) is 5.30. The maximum Gasteiger partial charge on any atom is 0.238 e. The number of sulfonamides is 1. The molecular formula is C20H26N2O5S2. The van der Waals surface area contributed by atoms with Gasteiger partial charge in [0, 0.05) is 29.6 Å². The monoisotopic (exact) mass is 438 g/mol. The van der Waals surface area contributed by atoms with Crippen molar-refractivity contribution in [1.29, 1.82) is 0 Å². The van der Waals surface area contributed by atoms with E-state index in [4.69, 9.17) is 9.88 Å². The third-order valence-corrected chi connectivity index (χ3v) is 6.85. The molecule has 1 heterocycles. The molecule has 1 aliphatic rings. The fourth-order valence-electron chi connectivity index (χ4n) is 3.56. The summed E-state index contributed by atoms with van der Waals surface area (Å²) in [5.41, 5.74) is 1.70. The number of rotatable bonds is 7. The van der Waals surface area contributed by atoms with Crippen LogP contribution >= 0.6 is 11.8 Å². The van der Waals surface area contributed by atoms with E-state index in [1.807, 2.05) is 36.3 Å². The van der Waals surface area contributed by atoms with Gasteiger partial charge < -0.3 is 14.9 Å². The van der Waals surface area contributed by atoms with Crippen LogP contribution in [-0.4, -0.2) is 55.1 Å². The van der Waals surface area contributed by atoms with Crippen LogP contribution in [0, 0.1) is 6.92 Å². The lowest BCUT2D eigenvalue weighted by Crippen LogP contribution is -2.32. The fourth-order valence-corrected chi connectivity index (χ4v) is 4.71. The number of aliphatic hydroxyl groups excluding tert-OH is 2. The summed E-state index contributed by atoms with van der Waals surface area (Å²) < 4.78 is 29.7. The first-order chi connectivity index (χ1) is 13.7. The molecule has 2 aromatic carbocycles. The number of β-amino-alcohol motifs (C(OH)–C–C–N with tert-alkyl or cyclic N) is 1. The highest BCUT2D eigenvalue weighted by atomic mass is 32.2. The van der Waals surface area contributed by atoms with Gasteiger partial charge in [-0.05, 0) is 61.6 Å². The van der Waals surface area contributed by atoms with Crippen molar-refractivity contribution in [3.63, 3.8) is 0 Å². The first-order valence-electron chi connectivity index (χ1n) is 9.22. The number of primary sulfonamides is 1. The largest absolute Gasteiger partial charge is 0.457 e. The van der Waals surface area contributed by atoms with Crippen LogP contribution in [-0.2, 0) is 16.6 Å². The first kappa shape index (κ1) is 22.1. The Morgan fingerprint density at radius 2 is 2.03 bits per heavy atom. The second-order valence-corrected chi connectivity index (χ2v) is 9.61. The zero-order valence-corrected chi connectivity index (χ0v) is 18.0. The summed E-state index contributed by atoms with van der Waals surface area (Å²) in [7, 11) is -3.87. The number of nitrogens with zero attached hydrogens (tertiary/aromatic N) is 1. The molecule has 0 radical (unpaired) electrons. The SMILES string of the molecule is CSc1ccc(Oc2ccc(S(N)(=O)=O)cc2CN2C[C@@H](O)C[C@@H]2CO)cc1C. The Bertz CT molecular complexity index is 981. The fraction of sp³-hybridized carbons (Fsp3) is 0.400. The number of nitrogens with two attached hydrogens (primary N) is 1. The molecule has 0 aliphatic carbocycles. The Hall–Kier alpha value is -1.62. The summed E-state index contributed by atoms with van der Waals surface area (Å²) in [6.07, 6.45) is 1.95. The van der Waals surface area contributed by atoms with Crippen molar-refractivity contribution in [3.8, 4) is 11.5 Å². The molecular weight excluding hydrogens is 412 g/mol. The highest BCUT2D eigenvalue weighted by Gasteiger charge is 2.31. The molecule has 3 rings (SSSR count). The molecule has 0 unspecified atom stereocenters. The van der Waals surface area contributed by atoms with Gasteiger partial charge in [-0.1, -0.05) is 0 Å². The minimum atomic E-state index is -3.87. The van der Waals surface area contributed by atoms with E-state index in [0.717, 1.165) is 10.5 Å². The summed E-state index contributed by atoms with van der Waals surface area (Å²) in [5, 5.41) is 24.8. The Labute approximate surface area is 175 Å². The van der Waals surface area contributed by atoms with Gasteiger partial charge in [0.05, 0.1) is 17.6 Å². The molecule has 0 saturated carbocycles. The third-order valence-electron chi connectivity index (χ3n) is 5.04. The quantitative estimate of drug-likeness (QED) is 0.567. The average molecular weight is 439 g/mol. The van der Waals surface area contributed by atoms with Crippen LogP contribution in [0.25, 0.3) is 0 Å². The molecule has 0 aromatic heterocycles. The Morgan fingerprint density at radius 3 is 2.66 bits per heavy atom. The van der Waals surface area contributed by atoms with Crippen molar-refractivity contribution in [2.24, 2.45) is 5.14 Å². The van der Waals surface area contributed by atoms with Crippen molar-refractivity contribution in [3.05, 3.63) is 47.5 Å². The van der Waals surface area contributed by atoms with Gasteiger partial charge in [0.25, 0.3) is 0 Å². The van der Waals surface area contributed by atoms with Crippen LogP contribution in [0.1, 0.15) is 17.5 Å². The highest BCUT2D eigenvalue weighted by molar-refractivity contribution is 7.98. The van der Waals surface area contributed by atoms with E-state index >= 15 is 0 Å². The Kier molecular flexibility index (Phi) is 6.87. The zero-order chi connectivity index (χ0) is 21.2. The standard InChI is InChI=1S/C20H26N2O5S2/c1-13-7-17(3-6-20(13)28-2)27-19-5-4-18(29(21,25)26)8-14(19)10-22-11-16(24)9-15(22)12-23/h3-8,15-16,23-24H,9-12H2,1-2H3,(H2,21,25,26)/t15-,16+/m1/s1. The van der Waals surface area contributed by atoms with Crippen LogP contribution < -0.4 is 9.88 Å². The Balaban J connectivity index is 1.94. The second kappa shape index (κ2) is 9.03. The highest BCUT2D eigenvalue weighted by Crippen LogP contribution is 2.32. The normalized spacial score (nSPS) is 20.2. The van der Waals surface area contributed by atoms with E-state index < -0.39 is 16.1 Å². The van der Waals surface area contributed by atoms with Crippen molar-refractivity contribution >= 4 is 21.8 Å². The number of aliphatic hydroxyl groups is 2. The number of thioether (sulfide) groups is 1. The van der Waals surface area contributed by atoms with Crippen LogP contribution in [0.5, 0.6) is 11.5 Å². The molecule has 158 valence electrons. The molecule has 1 saturated heterocycles. The van der Waals surface area contributed by atoms with Gasteiger partial charge in [0.1, 0.15) is 11.5 Å². The first-order valence-corrected chi connectivity index (χ1v) is 12.0. The molecule has 29 heavy (non-hydrogen) atoms. The van der Waals surface area contributed by atoms with Gasteiger partial charge in [-0.25, -0.2) is 13.6 Å². The number of benzene rings is 2. The summed E-state index contributed by atoms with van der Waals surface area (Å²) in [4.78, 5) is 3.06. The lowest BCUT2D eigenvalue weighted by molar-refractivity contribution is 0.149. The summed E-state index contributed by atoms with van der Waals surface area (Å²) in [6, 6.07) is 10.1. The number of hydrogen-bond donors (Lipinski definition) is 3. The van der Waals surface area contributed by atoms with Gasteiger partial charge in [0.2, 0.25) is 10.0 Å². The second-order valence-electron chi connectivity index (χ2n) is 7.20. The van der Waals surface area contributed by atoms with Crippen LogP contribution in [0.4, 0.5) is 0 Å². The molecule has 7 nitrogen and oxygen atoms in total. The number of likely N-dealkylation sites (tertiary alicyclic amines) is 1. The van der Waals surface area contributed by atoms with Crippen molar-refractivity contribution in [2.75, 3.05) is 19.4 Å². The minimum Gasteiger partial charge on any atom is -0.457 e. The molecule has 2 atom stereocenters. The van der Waals surface area contributed by atoms with E-state index in [9.17, 15) is 18.6 Å². The predicted octanol–water partition coefficient (Wildman–Crippen LogP) is 2.08.